The first-order valence-corrected chi connectivity index (χ1v) is 6.41. The lowest BCUT2D eigenvalue weighted by atomic mass is 10.1. The molecule has 0 radical (unpaired) electrons. The van der Waals surface area contributed by atoms with Gasteiger partial charge in [-0.25, -0.2) is 0 Å². The van der Waals surface area contributed by atoms with Gasteiger partial charge in [-0.1, -0.05) is 18.2 Å². The van der Waals surface area contributed by atoms with Crippen LogP contribution in [0.15, 0.2) is 36.9 Å². The minimum Gasteiger partial charge on any atom is -0.481 e. The monoisotopic (exact) mass is 262 g/mol. The fourth-order valence-electron chi connectivity index (χ4n) is 1.58. The van der Waals surface area contributed by atoms with Crippen molar-refractivity contribution in [3.05, 3.63) is 42.5 Å². The van der Waals surface area contributed by atoms with E-state index in [1.54, 1.807) is 13.0 Å². The zero-order valence-electron chi connectivity index (χ0n) is 11.8. The summed E-state index contributed by atoms with van der Waals surface area (Å²) >= 11 is 0. The molecule has 2 atom stereocenters. The van der Waals surface area contributed by atoms with Gasteiger partial charge in [-0.3, -0.25) is 4.79 Å². The molecule has 4 nitrogen and oxygen atoms in total. The first-order valence-electron chi connectivity index (χ1n) is 6.41. The molecule has 0 spiro atoms. The average molecular weight is 262 g/mol. The lowest BCUT2D eigenvalue weighted by Crippen LogP contribution is -2.36. The molecule has 0 saturated carbocycles. The SMILES string of the molecule is C=CCNC(=O)C(C)Oc1ccc(C(C)NC)cc1. The van der Waals surface area contributed by atoms with Crippen LogP contribution < -0.4 is 15.4 Å². The van der Waals surface area contributed by atoms with Crippen molar-refractivity contribution in [3.63, 3.8) is 0 Å². The smallest absolute Gasteiger partial charge is 0.261 e. The van der Waals surface area contributed by atoms with Gasteiger partial charge in [0.1, 0.15) is 5.75 Å². The molecule has 2 N–H and O–H groups in total. The first-order chi connectivity index (χ1) is 9.08. The van der Waals surface area contributed by atoms with Crippen LogP contribution in [0.1, 0.15) is 25.5 Å². The highest BCUT2D eigenvalue weighted by Crippen LogP contribution is 2.18. The van der Waals surface area contributed by atoms with Gasteiger partial charge in [0.25, 0.3) is 5.91 Å². The first kappa shape index (κ1) is 15.2. The third-order valence-electron chi connectivity index (χ3n) is 2.92. The van der Waals surface area contributed by atoms with Gasteiger partial charge < -0.3 is 15.4 Å². The molecule has 0 saturated heterocycles. The van der Waals surface area contributed by atoms with Crippen LogP contribution in [-0.2, 0) is 4.79 Å². The van der Waals surface area contributed by atoms with Crippen LogP contribution in [0.4, 0.5) is 0 Å². The van der Waals surface area contributed by atoms with Gasteiger partial charge in [0.05, 0.1) is 0 Å². The van der Waals surface area contributed by atoms with Crippen molar-refractivity contribution in [2.75, 3.05) is 13.6 Å². The van der Waals surface area contributed by atoms with E-state index in [0.717, 1.165) is 0 Å². The lowest BCUT2D eigenvalue weighted by Gasteiger charge is -2.15. The van der Waals surface area contributed by atoms with E-state index in [1.807, 2.05) is 31.3 Å². The van der Waals surface area contributed by atoms with E-state index in [0.29, 0.717) is 18.3 Å². The highest BCUT2D eigenvalue weighted by molar-refractivity contribution is 5.80. The van der Waals surface area contributed by atoms with Crippen molar-refractivity contribution >= 4 is 5.91 Å². The molecule has 0 aliphatic carbocycles. The largest absolute Gasteiger partial charge is 0.481 e. The molecule has 0 bridgehead atoms. The van der Waals surface area contributed by atoms with Gasteiger partial charge >= 0.3 is 0 Å². The highest BCUT2D eigenvalue weighted by atomic mass is 16.5. The summed E-state index contributed by atoms with van der Waals surface area (Å²) in [5, 5.41) is 5.87. The minimum atomic E-state index is -0.521. The Hall–Kier alpha value is -1.81. The van der Waals surface area contributed by atoms with Gasteiger partial charge in [-0.15, -0.1) is 6.58 Å². The van der Waals surface area contributed by atoms with Gasteiger partial charge in [-0.05, 0) is 38.6 Å². The molecule has 104 valence electrons. The second kappa shape index (κ2) is 7.59. The number of nitrogens with one attached hydrogen (secondary N) is 2. The molecule has 0 fully saturated rings. The Bertz CT molecular complexity index is 415. The summed E-state index contributed by atoms with van der Waals surface area (Å²) in [6, 6.07) is 8.03. The molecule has 1 aromatic carbocycles. The Morgan fingerprint density at radius 1 is 1.37 bits per heavy atom. The number of hydrogen-bond donors (Lipinski definition) is 2. The number of hydrogen-bond acceptors (Lipinski definition) is 3. The maximum absolute atomic E-state index is 11.6. The average Bonchev–Trinajstić information content (AvgIpc) is 2.44. The van der Waals surface area contributed by atoms with Crippen molar-refractivity contribution in [3.8, 4) is 5.75 Å². The van der Waals surface area contributed by atoms with Crippen LogP contribution in [0.25, 0.3) is 0 Å². The Morgan fingerprint density at radius 3 is 2.53 bits per heavy atom. The summed E-state index contributed by atoms with van der Waals surface area (Å²) < 4.78 is 5.57. The van der Waals surface area contributed by atoms with Gasteiger partial charge in [0.15, 0.2) is 6.10 Å². The molecule has 0 aliphatic heterocycles. The molecule has 0 aliphatic rings. The summed E-state index contributed by atoms with van der Waals surface area (Å²) in [6.07, 6.45) is 1.12. The number of amides is 1. The fourth-order valence-corrected chi connectivity index (χ4v) is 1.58. The van der Waals surface area contributed by atoms with E-state index < -0.39 is 6.10 Å². The van der Waals surface area contributed by atoms with Crippen molar-refractivity contribution < 1.29 is 9.53 Å². The predicted octanol–water partition coefficient (Wildman–Crippen LogP) is 2.04. The van der Waals surface area contributed by atoms with Gasteiger partial charge in [0.2, 0.25) is 0 Å². The van der Waals surface area contributed by atoms with Crippen LogP contribution in [0.3, 0.4) is 0 Å². The Morgan fingerprint density at radius 2 is 2.00 bits per heavy atom. The van der Waals surface area contributed by atoms with Crippen LogP contribution in [-0.4, -0.2) is 25.6 Å². The van der Waals surface area contributed by atoms with Crippen molar-refractivity contribution in [2.24, 2.45) is 0 Å². The van der Waals surface area contributed by atoms with Crippen LogP contribution in [0, 0.1) is 0 Å². The molecule has 2 unspecified atom stereocenters. The Kier molecular flexibility index (Phi) is 6.09. The maximum Gasteiger partial charge on any atom is 0.261 e. The second-order valence-electron chi connectivity index (χ2n) is 4.37. The summed E-state index contributed by atoms with van der Waals surface area (Å²) in [6.45, 7) is 7.81. The third kappa shape index (κ3) is 4.75. The third-order valence-corrected chi connectivity index (χ3v) is 2.92. The second-order valence-corrected chi connectivity index (χ2v) is 4.37. The topological polar surface area (TPSA) is 50.4 Å². The number of carbonyl (C=O) groups is 1. The zero-order valence-corrected chi connectivity index (χ0v) is 11.8. The van der Waals surface area contributed by atoms with Crippen LogP contribution >= 0.6 is 0 Å². The quantitative estimate of drug-likeness (QED) is 0.739. The van der Waals surface area contributed by atoms with E-state index in [2.05, 4.69) is 24.1 Å². The molecule has 1 rings (SSSR count). The number of rotatable bonds is 7. The molecular weight excluding hydrogens is 240 g/mol. The maximum atomic E-state index is 11.6. The predicted molar refractivity (Wildman–Crippen MR) is 77.2 cm³/mol. The van der Waals surface area contributed by atoms with E-state index in [-0.39, 0.29) is 5.91 Å². The normalized spacial score (nSPS) is 13.4. The number of carbonyl (C=O) groups excluding carboxylic acids is 1. The summed E-state index contributed by atoms with van der Waals surface area (Å²) in [4.78, 5) is 11.6. The van der Waals surface area contributed by atoms with Crippen LogP contribution in [0.5, 0.6) is 5.75 Å². The molecule has 1 amide bonds. The Labute approximate surface area is 114 Å². The summed E-state index contributed by atoms with van der Waals surface area (Å²) in [5.41, 5.74) is 1.18. The van der Waals surface area contributed by atoms with Crippen LogP contribution in [0.2, 0.25) is 0 Å². The molecular formula is C15H22N2O2. The van der Waals surface area contributed by atoms with Crippen molar-refractivity contribution in [1.29, 1.82) is 0 Å². The Balaban J connectivity index is 2.57. The minimum absolute atomic E-state index is 0.146. The van der Waals surface area contributed by atoms with E-state index >= 15 is 0 Å². The summed E-state index contributed by atoms with van der Waals surface area (Å²) in [5.74, 6) is 0.542. The highest BCUT2D eigenvalue weighted by Gasteiger charge is 2.13. The molecule has 0 heterocycles. The lowest BCUT2D eigenvalue weighted by molar-refractivity contribution is -0.127. The van der Waals surface area contributed by atoms with E-state index in [1.165, 1.54) is 5.56 Å². The van der Waals surface area contributed by atoms with Gasteiger partial charge in [0, 0.05) is 12.6 Å². The van der Waals surface area contributed by atoms with Gasteiger partial charge in [-0.2, -0.15) is 0 Å². The molecule has 1 aromatic rings. The molecule has 19 heavy (non-hydrogen) atoms. The van der Waals surface area contributed by atoms with E-state index in [9.17, 15) is 4.79 Å². The van der Waals surface area contributed by atoms with E-state index in [4.69, 9.17) is 4.74 Å². The fraction of sp³-hybridized carbons (Fsp3) is 0.400. The summed E-state index contributed by atoms with van der Waals surface area (Å²) in [7, 11) is 1.92. The number of benzene rings is 1. The van der Waals surface area contributed by atoms with Crippen molar-refractivity contribution in [1.82, 2.24) is 10.6 Å². The van der Waals surface area contributed by atoms with Crippen molar-refractivity contribution in [2.45, 2.75) is 26.0 Å². The number of ether oxygens (including phenoxy) is 1. The zero-order chi connectivity index (χ0) is 14.3. The molecule has 4 heteroatoms. The standard InChI is InChI=1S/C15H22N2O2/c1-5-10-17-15(18)12(3)19-14-8-6-13(7-9-14)11(2)16-4/h5-9,11-12,16H,1,10H2,2-4H3,(H,17,18). The molecule has 0 aromatic heterocycles.